The Morgan fingerprint density at radius 1 is 1.20 bits per heavy atom. The lowest BCUT2D eigenvalue weighted by Crippen LogP contribution is -2.36. The van der Waals surface area contributed by atoms with Crippen LogP contribution >= 0.6 is 15.9 Å². The van der Waals surface area contributed by atoms with Crippen molar-refractivity contribution in [1.29, 1.82) is 0 Å². The predicted molar refractivity (Wildman–Crippen MR) is 110 cm³/mol. The zero-order valence-electron chi connectivity index (χ0n) is 16.5. The van der Waals surface area contributed by atoms with Crippen LogP contribution < -0.4 is 15.4 Å². The van der Waals surface area contributed by atoms with E-state index in [9.17, 15) is 9.59 Å². The van der Waals surface area contributed by atoms with Crippen molar-refractivity contribution in [2.24, 2.45) is 0 Å². The van der Waals surface area contributed by atoms with Crippen molar-refractivity contribution in [2.75, 3.05) is 19.7 Å². The summed E-state index contributed by atoms with van der Waals surface area (Å²) in [6.45, 7) is 4.61. The number of amides is 2. The number of carbonyl (C=O) groups excluding carboxylic acids is 2. The van der Waals surface area contributed by atoms with E-state index in [-0.39, 0.29) is 38.0 Å². The van der Waals surface area contributed by atoms with Gasteiger partial charge >= 0.3 is 11.8 Å². The maximum absolute atomic E-state index is 12.1. The van der Waals surface area contributed by atoms with Crippen LogP contribution in [0.2, 0.25) is 0 Å². The minimum Gasteiger partial charge on any atom is -0.484 e. The Kier molecular flexibility index (Phi) is 7.17. The molecule has 0 aliphatic heterocycles. The molecule has 2 N–H and O–H groups in total. The van der Waals surface area contributed by atoms with Crippen molar-refractivity contribution in [3.63, 3.8) is 0 Å². The quantitative estimate of drug-likeness (QED) is 0.449. The molecule has 2 aromatic heterocycles. The zero-order chi connectivity index (χ0) is 21.5. The molecule has 0 saturated heterocycles. The lowest BCUT2D eigenvalue weighted by atomic mass is 10.1. The van der Waals surface area contributed by atoms with E-state index in [2.05, 4.69) is 41.8 Å². The molecule has 3 aromatic rings. The number of rotatable bonds is 9. The summed E-state index contributed by atoms with van der Waals surface area (Å²) in [5.74, 6) is 0.00773. The molecule has 0 aliphatic rings. The largest absolute Gasteiger partial charge is 0.484 e. The lowest BCUT2D eigenvalue weighted by molar-refractivity contribution is -0.123. The fraction of sp³-hybridized carbons (Fsp3) is 0.316. The second-order valence-corrected chi connectivity index (χ2v) is 7.43. The first-order valence-electron chi connectivity index (χ1n) is 9.16. The molecule has 0 saturated carbocycles. The zero-order valence-corrected chi connectivity index (χ0v) is 18.1. The number of aromatic nitrogens is 4. The second-order valence-electron chi connectivity index (χ2n) is 6.51. The Hall–Kier alpha value is -3.21. The molecule has 30 heavy (non-hydrogen) atoms. The second kappa shape index (κ2) is 10.0. The predicted octanol–water partition coefficient (Wildman–Crippen LogP) is 1.62. The molecule has 0 radical (unpaired) electrons. The van der Waals surface area contributed by atoms with Crippen molar-refractivity contribution >= 4 is 27.7 Å². The highest BCUT2D eigenvalue weighted by Gasteiger charge is 2.15. The molecular weight excluding hydrogens is 456 g/mol. The van der Waals surface area contributed by atoms with E-state index in [1.807, 2.05) is 32.0 Å². The first-order valence-corrected chi connectivity index (χ1v) is 9.95. The van der Waals surface area contributed by atoms with Gasteiger partial charge in [-0.2, -0.15) is 10.1 Å². The number of nitrogens with zero attached hydrogens (tertiary/aromatic N) is 4. The Labute approximate surface area is 181 Å². The van der Waals surface area contributed by atoms with Gasteiger partial charge in [0, 0.05) is 19.3 Å². The fourth-order valence-electron chi connectivity index (χ4n) is 2.44. The molecule has 2 heterocycles. The highest BCUT2D eigenvalue weighted by atomic mass is 79.9. The topological polar surface area (TPSA) is 124 Å². The van der Waals surface area contributed by atoms with Gasteiger partial charge in [-0.25, -0.2) is 0 Å². The van der Waals surface area contributed by atoms with Gasteiger partial charge in [0.1, 0.15) is 12.3 Å². The summed E-state index contributed by atoms with van der Waals surface area (Å²) >= 11 is 3.30. The van der Waals surface area contributed by atoms with Crippen LogP contribution in [-0.2, 0) is 11.3 Å². The van der Waals surface area contributed by atoms with Crippen molar-refractivity contribution in [3.05, 3.63) is 57.9 Å². The highest BCUT2D eigenvalue weighted by Crippen LogP contribution is 2.16. The molecule has 0 unspecified atom stereocenters. The van der Waals surface area contributed by atoms with Crippen LogP contribution in [0.1, 0.15) is 27.6 Å². The molecule has 2 amide bonds. The molecule has 0 spiro atoms. The van der Waals surface area contributed by atoms with Crippen LogP contribution in [0.15, 0.2) is 39.6 Å². The average molecular weight is 477 g/mol. The monoisotopic (exact) mass is 476 g/mol. The summed E-state index contributed by atoms with van der Waals surface area (Å²) < 4.78 is 12.8. The van der Waals surface area contributed by atoms with E-state index in [0.29, 0.717) is 11.6 Å². The summed E-state index contributed by atoms with van der Waals surface area (Å²) in [6.07, 6.45) is 3.39. The minimum absolute atomic E-state index is 0.104. The summed E-state index contributed by atoms with van der Waals surface area (Å²) in [5, 5.41) is 13.1. The number of hydrogen-bond acceptors (Lipinski definition) is 7. The molecule has 3 rings (SSSR count). The van der Waals surface area contributed by atoms with E-state index in [1.165, 1.54) is 0 Å². The number of aryl methyl sites for hydroxylation is 2. The van der Waals surface area contributed by atoms with Gasteiger partial charge < -0.3 is 19.9 Å². The van der Waals surface area contributed by atoms with Crippen LogP contribution in [0, 0.1) is 13.8 Å². The van der Waals surface area contributed by atoms with Gasteiger partial charge in [-0.05, 0) is 53.0 Å². The van der Waals surface area contributed by atoms with Crippen molar-refractivity contribution < 1.29 is 18.8 Å². The van der Waals surface area contributed by atoms with Crippen molar-refractivity contribution in [1.82, 2.24) is 30.6 Å². The van der Waals surface area contributed by atoms with Crippen molar-refractivity contribution in [2.45, 2.75) is 20.4 Å². The Morgan fingerprint density at radius 3 is 2.73 bits per heavy atom. The molecular formula is C19H21BrN6O4. The Balaban J connectivity index is 1.35. The first kappa shape index (κ1) is 21.5. The van der Waals surface area contributed by atoms with Gasteiger partial charge in [0.15, 0.2) is 12.4 Å². The van der Waals surface area contributed by atoms with Crippen LogP contribution in [0.25, 0.3) is 0 Å². The Bertz CT molecular complexity index is 1030. The van der Waals surface area contributed by atoms with E-state index >= 15 is 0 Å². The third kappa shape index (κ3) is 6.14. The van der Waals surface area contributed by atoms with Crippen LogP contribution in [0.3, 0.4) is 0 Å². The molecule has 0 aliphatic carbocycles. The highest BCUT2D eigenvalue weighted by molar-refractivity contribution is 9.10. The fourth-order valence-corrected chi connectivity index (χ4v) is 2.77. The number of benzene rings is 1. The van der Waals surface area contributed by atoms with Gasteiger partial charge in [-0.15, -0.1) is 0 Å². The number of hydrogen-bond donors (Lipinski definition) is 2. The van der Waals surface area contributed by atoms with E-state index < -0.39 is 5.91 Å². The summed E-state index contributed by atoms with van der Waals surface area (Å²) in [6, 6.07) is 5.64. The Morgan fingerprint density at radius 2 is 2.00 bits per heavy atom. The summed E-state index contributed by atoms with van der Waals surface area (Å²) in [7, 11) is 0. The molecule has 11 heteroatoms. The summed E-state index contributed by atoms with van der Waals surface area (Å²) in [4.78, 5) is 27.9. The SMILES string of the molecule is Cc1ccc(OCC(=O)NCCNC(=O)c2nc(Cn3cc(Br)cn3)no2)cc1C. The molecule has 0 atom stereocenters. The molecule has 0 bridgehead atoms. The first-order chi connectivity index (χ1) is 14.4. The third-order valence-corrected chi connectivity index (χ3v) is 4.56. The number of halogens is 1. The number of nitrogens with one attached hydrogen (secondary N) is 2. The minimum atomic E-state index is -0.518. The number of carbonyl (C=O) groups is 2. The van der Waals surface area contributed by atoms with Crippen LogP contribution in [0.4, 0.5) is 0 Å². The molecule has 1 aromatic carbocycles. The summed E-state index contributed by atoms with van der Waals surface area (Å²) in [5.41, 5.74) is 2.25. The molecule has 0 fully saturated rings. The van der Waals surface area contributed by atoms with Gasteiger partial charge in [-0.3, -0.25) is 14.3 Å². The van der Waals surface area contributed by atoms with Gasteiger partial charge in [-0.1, -0.05) is 11.2 Å². The normalized spacial score (nSPS) is 10.6. The van der Waals surface area contributed by atoms with Gasteiger partial charge in [0.25, 0.3) is 5.91 Å². The smallest absolute Gasteiger partial charge is 0.316 e. The van der Waals surface area contributed by atoms with Crippen LogP contribution in [-0.4, -0.2) is 51.4 Å². The average Bonchev–Trinajstić information content (AvgIpc) is 3.35. The van der Waals surface area contributed by atoms with Gasteiger partial charge in [0.2, 0.25) is 0 Å². The maximum Gasteiger partial charge on any atom is 0.316 e. The van der Waals surface area contributed by atoms with Crippen molar-refractivity contribution in [3.8, 4) is 5.75 Å². The molecule has 10 nitrogen and oxygen atoms in total. The lowest BCUT2D eigenvalue weighted by Gasteiger charge is -2.09. The standard InChI is InChI=1S/C19H21BrN6O4/c1-12-3-4-15(7-13(12)2)29-11-17(27)21-5-6-22-18(28)19-24-16(25-30-19)10-26-9-14(20)8-23-26/h3-4,7-9H,5-6,10-11H2,1-2H3,(H,21,27)(H,22,28). The van der Waals surface area contributed by atoms with Crippen LogP contribution in [0.5, 0.6) is 5.75 Å². The van der Waals surface area contributed by atoms with Gasteiger partial charge in [0.05, 0.1) is 10.7 Å². The molecule has 158 valence electrons. The van der Waals surface area contributed by atoms with E-state index in [4.69, 9.17) is 9.26 Å². The van der Waals surface area contributed by atoms with E-state index in [0.717, 1.165) is 15.6 Å². The third-order valence-electron chi connectivity index (χ3n) is 4.15. The maximum atomic E-state index is 12.1. The van der Waals surface area contributed by atoms with E-state index in [1.54, 1.807) is 17.1 Å². The number of ether oxygens (including phenoxy) is 1.